The standard InChI is InChI=1S/C15H21N3O2/c1-11-5-6-12(20-11)10-17-13-4-3-9-19-14(13)15-16-7-8-18(15)2/h5-8,13-14,17H,3-4,9-10H2,1-2H3/t13-,14-/m0/s1. The molecule has 0 aliphatic carbocycles. The van der Waals surface area contributed by atoms with E-state index in [0.717, 1.165) is 43.3 Å². The van der Waals surface area contributed by atoms with E-state index in [2.05, 4.69) is 10.3 Å². The average molecular weight is 275 g/mol. The molecule has 3 rings (SSSR count). The van der Waals surface area contributed by atoms with Gasteiger partial charge in [-0.3, -0.25) is 0 Å². The number of ether oxygens (including phenoxy) is 1. The van der Waals surface area contributed by atoms with Gasteiger partial charge < -0.3 is 19.0 Å². The first kappa shape index (κ1) is 13.4. The van der Waals surface area contributed by atoms with Crippen LogP contribution in [0.1, 0.15) is 36.3 Å². The summed E-state index contributed by atoms with van der Waals surface area (Å²) in [6.45, 7) is 3.49. The van der Waals surface area contributed by atoms with E-state index in [0.29, 0.717) is 0 Å². The molecule has 0 bridgehead atoms. The number of nitrogens with zero attached hydrogens (tertiary/aromatic N) is 2. The minimum atomic E-state index is 0.0137. The van der Waals surface area contributed by atoms with Crippen LogP contribution in [0.15, 0.2) is 28.9 Å². The fraction of sp³-hybridized carbons (Fsp3) is 0.533. The fourth-order valence-electron chi connectivity index (χ4n) is 2.71. The third-order valence-electron chi connectivity index (χ3n) is 3.77. The molecule has 2 atom stereocenters. The van der Waals surface area contributed by atoms with E-state index in [1.807, 2.05) is 43.1 Å². The van der Waals surface area contributed by atoms with Crippen LogP contribution in [0.2, 0.25) is 0 Å². The van der Waals surface area contributed by atoms with Gasteiger partial charge in [0.25, 0.3) is 0 Å². The zero-order chi connectivity index (χ0) is 13.9. The lowest BCUT2D eigenvalue weighted by Gasteiger charge is -2.31. The first-order chi connectivity index (χ1) is 9.74. The van der Waals surface area contributed by atoms with E-state index in [9.17, 15) is 0 Å². The molecule has 0 radical (unpaired) electrons. The van der Waals surface area contributed by atoms with Crippen LogP contribution in [0.25, 0.3) is 0 Å². The number of hydrogen-bond acceptors (Lipinski definition) is 4. The van der Waals surface area contributed by atoms with Gasteiger partial charge in [-0.25, -0.2) is 4.98 Å². The molecule has 0 amide bonds. The summed E-state index contributed by atoms with van der Waals surface area (Å²) in [5, 5.41) is 3.54. The highest BCUT2D eigenvalue weighted by Gasteiger charge is 2.30. The number of nitrogens with one attached hydrogen (secondary N) is 1. The van der Waals surface area contributed by atoms with Crippen molar-refractivity contribution < 1.29 is 9.15 Å². The predicted molar refractivity (Wildman–Crippen MR) is 75.2 cm³/mol. The molecule has 1 fully saturated rings. The molecule has 0 unspecified atom stereocenters. The number of rotatable bonds is 4. The van der Waals surface area contributed by atoms with E-state index in [4.69, 9.17) is 9.15 Å². The number of aromatic nitrogens is 2. The van der Waals surface area contributed by atoms with E-state index in [-0.39, 0.29) is 12.1 Å². The Hall–Kier alpha value is -1.59. The maximum Gasteiger partial charge on any atom is 0.139 e. The van der Waals surface area contributed by atoms with Gasteiger partial charge in [0.05, 0.1) is 6.54 Å². The molecule has 2 aromatic heterocycles. The smallest absolute Gasteiger partial charge is 0.139 e. The number of aryl methyl sites for hydroxylation is 2. The fourth-order valence-corrected chi connectivity index (χ4v) is 2.71. The molecule has 5 heteroatoms. The van der Waals surface area contributed by atoms with Crippen LogP contribution < -0.4 is 5.32 Å². The molecule has 1 aliphatic heterocycles. The first-order valence-corrected chi connectivity index (χ1v) is 7.11. The summed E-state index contributed by atoms with van der Waals surface area (Å²) in [7, 11) is 2.01. The molecule has 3 heterocycles. The van der Waals surface area contributed by atoms with E-state index < -0.39 is 0 Å². The van der Waals surface area contributed by atoms with Gasteiger partial charge >= 0.3 is 0 Å². The molecule has 108 valence electrons. The van der Waals surface area contributed by atoms with Crippen molar-refractivity contribution in [1.82, 2.24) is 14.9 Å². The molecule has 1 N–H and O–H groups in total. The van der Waals surface area contributed by atoms with Crippen LogP contribution in [-0.4, -0.2) is 22.2 Å². The molecule has 0 spiro atoms. The maximum absolute atomic E-state index is 5.93. The second-order valence-corrected chi connectivity index (χ2v) is 5.33. The lowest BCUT2D eigenvalue weighted by atomic mass is 10.0. The summed E-state index contributed by atoms with van der Waals surface area (Å²) in [6.07, 6.45) is 5.97. The van der Waals surface area contributed by atoms with E-state index in [1.165, 1.54) is 0 Å². The van der Waals surface area contributed by atoms with Crippen molar-refractivity contribution in [2.75, 3.05) is 6.61 Å². The van der Waals surface area contributed by atoms with Gasteiger partial charge in [0.1, 0.15) is 23.4 Å². The summed E-state index contributed by atoms with van der Waals surface area (Å²) in [5.41, 5.74) is 0. The molecule has 1 aliphatic rings. The Kier molecular flexibility index (Phi) is 3.89. The zero-order valence-electron chi connectivity index (χ0n) is 12.0. The van der Waals surface area contributed by atoms with Crippen LogP contribution >= 0.6 is 0 Å². The third kappa shape index (κ3) is 2.78. The van der Waals surface area contributed by atoms with Crippen molar-refractivity contribution in [2.24, 2.45) is 7.05 Å². The van der Waals surface area contributed by atoms with E-state index >= 15 is 0 Å². The Morgan fingerprint density at radius 1 is 1.45 bits per heavy atom. The molecular formula is C15H21N3O2. The van der Waals surface area contributed by atoms with Gasteiger partial charge in [-0.05, 0) is 31.9 Å². The zero-order valence-corrected chi connectivity index (χ0v) is 12.0. The Balaban J connectivity index is 1.68. The van der Waals surface area contributed by atoms with Gasteiger partial charge in [0, 0.05) is 32.1 Å². The first-order valence-electron chi connectivity index (χ1n) is 7.11. The van der Waals surface area contributed by atoms with Crippen LogP contribution in [0, 0.1) is 6.92 Å². The average Bonchev–Trinajstić information content (AvgIpc) is 3.05. The van der Waals surface area contributed by atoms with Crippen molar-refractivity contribution in [3.8, 4) is 0 Å². The summed E-state index contributed by atoms with van der Waals surface area (Å²) in [4.78, 5) is 4.42. The molecule has 1 saturated heterocycles. The van der Waals surface area contributed by atoms with Crippen molar-refractivity contribution in [3.05, 3.63) is 41.9 Å². The van der Waals surface area contributed by atoms with Gasteiger partial charge in [0.15, 0.2) is 0 Å². The lowest BCUT2D eigenvalue weighted by Crippen LogP contribution is -2.40. The molecule has 2 aromatic rings. The van der Waals surface area contributed by atoms with Gasteiger partial charge in [-0.2, -0.15) is 0 Å². The summed E-state index contributed by atoms with van der Waals surface area (Å²) in [6, 6.07) is 4.28. The summed E-state index contributed by atoms with van der Waals surface area (Å²) < 4.78 is 13.6. The third-order valence-corrected chi connectivity index (χ3v) is 3.77. The molecule has 5 nitrogen and oxygen atoms in total. The van der Waals surface area contributed by atoms with Gasteiger partial charge in [0.2, 0.25) is 0 Å². The number of furan rings is 1. The maximum atomic E-state index is 5.93. The SMILES string of the molecule is Cc1ccc(CN[C@H]2CCCO[C@@H]2c2nccn2C)o1. The van der Waals surface area contributed by atoms with Gasteiger partial charge in [-0.1, -0.05) is 0 Å². The molecule has 0 aromatic carbocycles. The minimum absolute atomic E-state index is 0.0137. The van der Waals surface area contributed by atoms with Crippen molar-refractivity contribution in [2.45, 2.75) is 38.5 Å². The topological polar surface area (TPSA) is 52.2 Å². The lowest BCUT2D eigenvalue weighted by molar-refractivity contribution is -0.0182. The molecule has 20 heavy (non-hydrogen) atoms. The second-order valence-electron chi connectivity index (χ2n) is 5.33. The van der Waals surface area contributed by atoms with Crippen LogP contribution in [-0.2, 0) is 18.3 Å². The molecule has 0 saturated carbocycles. The minimum Gasteiger partial charge on any atom is -0.465 e. The van der Waals surface area contributed by atoms with E-state index in [1.54, 1.807) is 0 Å². The highest BCUT2D eigenvalue weighted by atomic mass is 16.5. The Morgan fingerprint density at radius 2 is 2.35 bits per heavy atom. The largest absolute Gasteiger partial charge is 0.465 e. The Bertz CT molecular complexity index is 561. The van der Waals surface area contributed by atoms with Gasteiger partial charge in [-0.15, -0.1) is 0 Å². The quantitative estimate of drug-likeness (QED) is 0.930. The highest BCUT2D eigenvalue weighted by Crippen LogP contribution is 2.27. The summed E-state index contributed by atoms with van der Waals surface area (Å²) >= 11 is 0. The van der Waals surface area contributed by atoms with Crippen LogP contribution in [0.4, 0.5) is 0 Å². The molecular weight excluding hydrogens is 254 g/mol. The number of hydrogen-bond donors (Lipinski definition) is 1. The van der Waals surface area contributed by atoms with Crippen LogP contribution in [0.3, 0.4) is 0 Å². The monoisotopic (exact) mass is 275 g/mol. The highest BCUT2D eigenvalue weighted by molar-refractivity contribution is 5.06. The predicted octanol–water partition coefficient (Wildman–Crippen LogP) is 2.33. The Morgan fingerprint density at radius 3 is 3.05 bits per heavy atom. The Labute approximate surface area is 118 Å². The normalized spacial score (nSPS) is 23.1. The van der Waals surface area contributed by atoms with Crippen molar-refractivity contribution >= 4 is 0 Å². The number of imidazole rings is 1. The van der Waals surface area contributed by atoms with Crippen molar-refractivity contribution in [3.63, 3.8) is 0 Å². The second kappa shape index (κ2) is 5.81. The van der Waals surface area contributed by atoms with Crippen LogP contribution in [0.5, 0.6) is 0 Å². The van der Waals surface area contributed by atoms with Crippen molar-refractivity contribution in [1.29, 1.82) is 0 Å². The summed E-state index contributed by atoms with van der Waals surface area (Å²) in [5.74, 6) is 2.90.